The molecule has 0 fully saturated rings. The van der Waals surface area contributed by atoms with E-state index in [4.69, 9.17) is 14.2 Å². The van der Waals surface area contributed by atoms with E-state index in [1.54, 1.807) is 9.80 Å². The van der Waals surface area contributed by atoms with Gasteiger partial charge >= 0.3 is 17.9 Å². The van der Waals surface area contributed by atoms with Crippen LogP contribution >= 0.6 is 0 Å². The fourth-order valence-electron chi connectivity index (χ4n) is 12.9. The molecular formula is C80H155N5O13. The lowest BCUT2D eigenvalue weighted by molar-refractivity contribution is -0.150. The lowest BCUT2D eigenvalue weighted by Crippen LogP contribution is -2.49. The van der Waals surface area contributed by atoms with Crippen molar-refractivity contribution in [1.82, 2.24) is 25.8 Å². The van der Waals surface area contributed by atoms with Crippen LogP contribution in [0.2, 0.25) is 0 Å². The Balaban J connectivity index is 5.42. The van der Waals surface area contributed by atoms with Crippen molar-refractivity contribution >= 4 is 35.6 Å². The van der Waals surface area contributed by atoms with Gasteiger partial charge in [-0.05, 0) is 116 Å². The van der Waals surface area contributed by atoms with E-state index in [9.17, 15) is 49.2 Å². The van der Waals surface area contributed by atoms with E-state index >= 15 is 0 Å². The number of amides is 3. The van der Waals surface area contributed by atoms with Crippen LogP contribution in [0.15, 0.2) is 0 Å². The molecule has 18 nitrogen and oxygen atoms in total. The van der Waals surface area contributed by atoms with Crippen LogP contribution in [-0.2, 0) is 43.0 Å². The van der Waals surface area contributed by atoms with Gasteiger partial charge in [-0.25, -0.2) is 0 Å². The first kappa shape index (κ1) is 94.6. The molecule has 0 bridgehead atoms. The molecule has 0 aliphatic heterocycles. The second kappa shape index (κ2) is 70.6. The number of carbonyl (C=O) groups is 6. The minimum Gasteiger partial charge on any atom is -0.465 e. The molecule has 0 saturated heterocycles. The highest BCUT2D eigenvalue weighted by Crippen LogP contribution is 2.24. The molecule has 7 N–H and O–H groups in total. The minimum absolute atomic E-state index is 0.0270. The quantitative estimate of drug-likeness (QED) is 0.0170. The van der Waals surface area contributed by atoms with Gasteiger partial charge in [0.05, 0.1) is 44.2 Å². The number of nitrogens with one attached hydrogen (secondary N) is 3. The van der Waals surface area contributed by atoms with Gasteiger partial charge in [0.1, 0.15) is 18.3 Å². The fraction of sp³-hybridized carbons (Fsp3) is 0.925. The highest BCUT2D eigenvalue weighted by atomic mass is 16.5. The summed E-state index contributed by atoms with van der Waals surface area (Å²) in [6, 6.07) is 0. The summed E-state index contributed by atoms with van der Waals surface area (Å²) in [4.78, 5) is 82.4. The van der Waals surface area contributed by atoms with E-state index in [1.807, 2.05) is 0 Å². The molecule has 18 heteroatoms. The number of nitrogens with zero attached hydrogens (tertiary/aromatic N) is 2. The number of aliphatic hydroxyl groups is 4. The Bertz CT molecular complexity index is 1770. The smallest absolute Gasteiger partial charge is 0.308 e. The van der Waals surface area contributed by atoms with Gasteiger partial charge in [-0.15, -0.1) is 0 Å². The molecule has 0 aromatic carbocycles. The third kappa shape index (κ3) is 57.1. The summed E-state index contributed by atoms with van der Waals surface area (Å²) >= 11 is 0. The highest BCUT2D eigenvalue weighted by Gasteiger charge is 2.26. The summed E-state index contributed by atoms with van der Waals surface area (Å²) in [5.41, 5.74) is 0. The molecular weight excluding hydrogens is 1240 g/mol. The van der Waals surface area contributed by atoms with E-state index in [0.29, 0.717) is 71.7 Å². The summed E-state index contributed by atoms with van der Waals surface area (Å²) in [5.74, 6) is -1.98. The highest BCUT2D eigenvalue weighted by molar-refractivity contribution is 5.82. The first-order valence-electron chi connectivity index (χ1n) is 41.2. The summed E-state index contributed by atoms with van der Waals surface area (Å²) in [7, 11) is 0. The number of unbranched alkanes of at least 4 members (excludes halogenated alkanes) is 33. The molecule has 0 radical (unpaired) electrons. The van der Waals surface area contributed by atoms with E-state index in [2.05, 4.69) is 57.5 Å². The third-order valence-electron chi connectivity index (χ3n) is 19.3. The zero-order chi connectivity index (χ0) is 72.2. The Kier molecular flexibility index (Phi) is 68.1. The molecule has 3 amide bonds. The molecule has 0 aromatic heterocycles. The molecule has 98 heavy (non-hydrogen) atoms. The maximum Gasteiger partial charge on any atom is 0.308 e. The Morgan fingerprint density at radius 3 is 0.786 bits per heavy atom. The van der Waals surface area contributed by atoms with E-state index in [-0.39, 0.29) is 75.0 Å². The predicted molar refractivity (Wildman–Crippen MR) is 401 cm³/mol. The van der Waals surface area contributed by atoms with Crippen LogP contribution in [0.3, 0.4) is 0 Å². The fourth-order valence-corrected chi connectivity index (χ4v) is 12.9. The van der Waals surface area contributed by atoms with Crippen LogP contribution in [0.25, 0.3) is 0 Å². The van der Waals surface area contributed by atoms with Crippen LogP contribution < -0.4 is 16.0 Å². The molecule has 0 rings (SSSR count). The van der Waals surface area contributed by atoms with Crippen LogP contribution in [0, 0.1) is 17.8 Å². The predicted octanol–water partition coefficient (Wildman–Crippen LogP) is 15.7. The Morgan fingerprint density at radius 2 is 0.510 bits per heavy atom. The van der Waals surface area contributed by atoms with Crippen molar-refractivity contribution in [2.24, 2.45) is 17.8 Å². The molecule has 6 atom stereocenters. The average molecular weight is 1400 g/mol. The van der Waals surface area contributed by atoms with Gasteiger partial charge in [0.2, 0.25) is 17.7 Å². The number of carbonyl (C=O) groups excluding carboxylic acids is 6. The Morgan fingerprint density at radius 1 is 0.286 bits per heavy atom. The number of hydrogen-bond acceptors (Lipinski definition) is 15. The number of ether oxygens (including phenoxy) is 3. The van der Waals surface area contributed by atoms with Crippen LogP contribution in [0.1, 0.15) is 356 Å². The van der Waals surface area contributed by atoms with Gasteiger partial charge in [0.25, 0.3) is 0 Å². The first-order valence-corrected chi connectivity index (χ1v) is 41.2. The van der Waals surface area contributed by atoms with Gasteiger partial charge in [-0.1, -0.05) is 253 Å². The van der Waals surface area contributed by atoms with Gasteiger partial charge in [-0.3, -0.25) is 38.6 Å². The minimum atomic E-state index is -1.47. The second-order valence-electron chi connectivity index (χ2n) is 28.6. The van der Waals surface area contributed by atoms with Crippen LogP contribution in [-0.4, -0.2) is 169 Å². The van der Waals surface area contributed by atoms with Crippen molar-refractivity contribution in [3.05, 3.63) is 0 Å². The molecule has 0 heterocycles. The van der Waals surface area contributed by atoms with Crippen molar-refractivity contribution in [3.63, 3.8) is 0 Å². The van der Waals surface area contributed by atoms with Gasteiger partial charge in [-0.2, -0.15) is 0 Å². The largest absolute Gasteiger partial charge is 0.465 e. The van der Waals surface area contributed by atoms with Crippen LogP contribution in [0.4, 0.5) is 0 Å². The van der Waals surface area contributed by atoms with Crippen molar-refractivity contribution in [1.29, 1.82) is 0 Å². The first-order chi connectivity index (χ1) is 47.7. The van der Waals surface area contributed by atoms with Crippen molar-refractivity contribution < 1.29 is 63.4 Å². The number of aliphatic hydroxyl groups excluding tert-OH is 4. The van der Waals surface area contributed by atoms with Crippen LogP contribution in [0.5, 0.6) is 0 Å². The Hall–Kier alpha value is -3.42. The second-order valence-corrected chi connectivity index (χ2v) is 28.6. The standard InChI is InChI=1S/C80H155N5O13/c1-7-13-19-25-28-40-53-69(50-37-22-16-10-4)78(93)96-63-46-34-31-43-56-81-75(90)72(87)66-84(61-62-86)59-49-60-85(67-73(88)76(91)82-57-44-32-35-47-64-97-79(94)70(51-38-23-17-11-5)54-41-29-26-20-14-8-2)68-74(89)77(92)83-58-45-33-36-48-65-98-80(95)71(52-39-24-18-12-6)55-42-30-27-21-15-9-3/h69-74,86-89H,7-68H2,1-6H3,(H,81,90)(H,82,91)(H,83,92). The molecule has 0 saturated carbocycles. The van der Waals surface area contributed by atoms with E-state index in [1.165, 1.54) is 96.3 Å². The number of rotatable bonds is 75. The topological polar surface area (TPSA) is 254 Å². The maximum absolute atomic E-state index is 13.3. The number of esters is 3. The third-order valence-corrected chi connectivity index (χ3v) is 19.3. The van der Waals surface area contributed by atoms with Gasteiger partial charge in [0.15, 0.2) is 0 Å². The molecule has 6 unspecified atom stereocenters. The van der Waals surface area contributed by atoms with Crippen molar-refractivity contribution in [2.75, 3.05) is 85.3 Å². The van der Waals surface area contributed by atoms with Gasteiger partial charge < -0.3 is 50.6 Å². The summed E-state index contributed by atoms with van der Waals surface area (Å²) in [6.07, 6.45) is 45.7. The lowest BCUT2D eigenvalue weighted by atomic mass is 9.94. The lowest BCUT2D eigenvalue weighted by Gasteiger charge is -2.29. The van der Waals surface area contributed by atoms with E-state index in [0.717, 1.165) is 193 Å². The normalized spacial score (nSPS) is 13.5. The molecule has 0 aliphatic rings. The summed E-state index contributed by atoms with van der Waals surface area (Å²) in [6.45, 7) is 15.6. The van der Waals surface area contributed by atoms with Crippen molar-refractivity contribution in [3.8, 4) is 0 Å². The average Bonchev–Trinajstić information content (AvgIpc) is 1.66. The van der Waals surface area contributed by atoms with Gasteiger partial charge in [0, 0.05) is 45.8 Å². The zero-order valence-corrected chi connectivity index (χ0v) is 64.2. The van der Waals surface area contributed by atoms with E-state index < -0.39 is 36.0 Å². The monoisotopic (exact) mass is 1390 g/mol. The summed E-state index contributed by atoms with van der Waals surface area (Å²) in [5, 5.41) is 51.9. The Labute approximate surface area is 599 Å². The molecule has 0 spiro atoms. The molecule has 0 aliphatic carbocycles. The van der Waals surface area contributed by atoms with Crippen molar-refractivity contribution in [2.45, 2.75) is 374 Å². The SMILES string of the molecule is CCCCCCCCC(CCCCCC)C(=O)OCCCCCCNC(=O)C(O)CN(CCO)CCCN(CC(O)C(=O)NCCCCCCOC(=O)C(CCCCCC)CCCCCCCC)CC(O)C(=O)NCCCCCCOC(=O)C(CCCCCC)CCCCCCCC. The zero-order valence-electron chi connectivity index (χ0n) is 64.2. The molecule has 578 valence electrons. The molecule has 0 aromatic rings. The maximum atomic E-state index is 13.3. The summed E-state index contributed by atoms with van der Waals surface area (Å²) < 4.78 is 17.3. The number of hydrogen-bond donors (Lipinski definition) is 7.